The lowest BCUT2D eigenvalue weighted by atomic mass is 10.1. The van der Waals surface area contributed by atoms with Gasteiger partial charge >= 0.3 is 6.03 Å². The van der Waals surface area contributed by atoms with Crippen molar-refractivity contribution in [3.05, 3.63) is 89.5 Å². The lowest BCUT2D eigenvalue weighted by Crippen LogP contribution is -2.38. The van der Waals surface area contributed by atoms with Crippen molar-refractivity contribution in [2.45, 2.75) is 38.6 Å². The summed E-state index contributed by atoms with van der Waals surface area (Å²) in [4.78, 5) is 42.9. The standard InChI is InChI=1S/C32H35F2N5O3/c33-24-12-10-22(11-13-24)21-35-31(41)26-20-25(36-30(40)23-6-1-2-7-23)14-15-29(26)38-16-5-17-39(19-18-38)32(42)37-28-9-4-3-8-27(28)34/h3-4,8-15,20,23H,1-2,5-7,16-19,21H2,(H,35,41)(H,36,40)(H,37,42). The van der Waals surface area contributed by atoms with E-state index in [2.05, 4.69) is 16.0 Å². The lowest BCUT2D eigenvalue weighted by molar-refractivity contribution is -0.119. The van der Waals surface area contributed by atoms with E-state index in [1.165, 1.54) is 24.3 Å². The number of urea groups is 1. The lowest BCUT2D eigenvalue weighted by Gasteiger charge is -2.26. The van der Waals surface area contributed by atoms with Crippen LogP contribution in [-0.2, 0) is 11.3 Å². The Morgan fingerprint density at radius 3 is 2.33 bits per heavy atom. The first-order chi connectivity index (χ1) is 20.4. The SMILES string of the molecule is O=C(NCc1ccc(F)cc1)c1cc(NC(=O)C2CCCC2)ccc1N1CCCN(C(=O)Nc2ccccc2F)CC1. The number of anilines is 3. The molecule has 0 radical (unpaired) electrons. The molecule has 8 nitrogen and oxygen atoms in total. The number of rotatable bonds is 7. The largest absolute Gasteiger partial charge is 0.369 e. The van der Waals surface area contributed by atoms with Crippen molar-refractivity contribution < 1.29 is 23.2 Å². The van der Waals surface area contributed by atoms with Crippen LogP contribution in [0.25, 0.3) is 0 Å². The number of hydrogen-bond donors (Lipinski definition) is 3. The summed E-state index contributed by atoms with van der Waals surface area (Å²) in [7, 11) is 0. The smallest absolute Gasteiger partial charge is 0.321 e. The van der Waals surface area contributed by atoms with Crippen LogP contribution < -0.4 is 20.9 Å². The third kappa shape index (κ3) is 7.23. The van der Waals surface area contributed by atoms with Gasteiger partial charge in [0.25, 0.3) is 5.91 Å². The molecule has 4 amide bonds. The number of amides is 4. The van der Waals surface area contributed by atoms with Crippen LogP contribution in [0, 0.1) is 17.6 Å². The van der Waals surface area contributed by atoms with Gasteiger partial charge in [-0.15, -0.1) is 0 Å². The zero-order chi connectivity index (χ0) is 29.5. The van der Waals surface area contributed by atoms with Crippen LogP contribution in [0.3, 0.4) is 0 Å². The minimum Gasteiger partial charge on any atom is -0.369 e. The van der Waals surface area contributed by atoms with Crippen molar-refractivity contribution >= 4 is 34.9 Å². The van der Waals surface area contributed by atoms with Crippen LogP contribution in [0.4, 0.5) is 30.6 Å². The number of halogens is 2. The van der Waals surface area contributed by atoms with Crippen LogP contribution in [0.2, 0.25) is 0 Å². The molecule has 0 spiro atoms. The van der Waals surface area contributed by atoms with E-state index in [1.54, 1.807) is 41.3 Å². The summed E-state index contributed by atoms with van der Waals surface area (Å²) >= 11 is 0. The van der Waals surface area contributed by atoms with Gasteiger partial charge in [-0.25, -0.2) is 13.6 Å². The molecular formula is C32H35F2N5O3. The van der Waals surface area contributed by atoms with Gasteiger partial charge in [-0.05, 0) is 67.3 Å². The van der Waals surface area contributed by atoms with E-state index in [4.69, 9.17) is 0 Å². The highest BCUT2D eigenvalue weighted by Crippen LogP contribution is 2.29. The fourth-order valence-corrected chi connectivity index (χ4v) is 5.50. The number of nitrogens with one attached hydrogen (secondary N) is 3. The van der Waals surface area contributed by atoms with Gasteiger partial charge in [0.05, 0.1) is 11.3 Å². The number of nitrogens with zero attached hydrogens (tertiary/aromatic N) is 2. The molecule has 42 heavy (non-hydrogen) atoms. The minimum absolute atomic E-state index is 0.0208. The Morgan fingerprint density at radius 2 is 1.57 bits per heavy atom. The Hall–Kier alpha value is -4.47. The van der Waals surface area contributed by atoms with Crippen molar-refractivity contribution in [2.75, 3.05) is 41.7 Å². The van der Waals surface area contributed by atoms with Gasteiger partial charge in [-0.1, -0.05) is 37.1 Å². The molecule has 1 saturated heterocycles. The summed E-state index contributed by atoms with van der Waals surface area (Å²) in [5, 5.41) is 8.54. The maximum absolute atomic E-state index is 14.1. The molecular weight excluding hydrogens is 540 g/mol. The molecule has 0 unspecified atom stereocenters. The maximum atomic E-state index is 14.1. The van der Waals surface area contributed by atoms with Gasteiger partial charge in [-0.2, -0.15) is 0 Å². The number of carbonyl (C=O) groups excluding carboxylic acids is 3. The highest BCUT2D eigenvalue weighted by molar-refractivity contribution is 6.02. The second-order valence-corrected chi connectivity index (χ2v) is 10.7. The molecule has 3 N–H and O–H groups in total. The summed E-state index contributed by atoms with van der Waals surface area (Å²) in [5.41, 5.74) is 2.50. The van der Waals surface area contributed by atoms with E-state index in [0.29, 0.717) is 49.5 Å². The van der Waals surface area contributed by atoms with Crippen LogP contribution >= 0.6 is 0 Å². The highest BCUT2D eigenvalue weighted by Gasteiger charge is 2.25. The molecule has 1 heterocycles. The van der Waals surface area contributed by atoms with Crippen molar-refractivity contribution in [3.63, 3.8) is 0 Å². The number of para-hydroxylation sites is 1. The van der Waals surface area contributed by atoms with E-state index in [-0.39, 0.29) is 41.8 Å². The Kier molecular flexibility index (Phi) is 9.31. The molecule has 2 aliphatic rings. The number of carbonyl (C=O) groups is 3. The van der Waals surface area contributed by atoms with Crippen LogP contribution in [-0.4, -0.2) is 48.9 Å². The average molecular weight is 576 g/mol. The quantitative estimate of drug-likeness (QED) is 0.334. The van der Waals surface area contributed by atoms with Gasteiger partial charge in [0.2, 0.25) is 5.91 Å². The molecule has 1 aliphatic heterocycles. The summed E-state index contributed by atoms with van der Waals surface area (Å²) in [6.45, 7) is 2.10. The highest BCUT2D eigenvalue weighted by atomic mass is 19.1. The Balaban J connectivity index is 1.32. The van der Waals surface area contributed by atoms with E-state index in [9.17, 15) is 23.2 Å². The topological polar surface area (TPSA) is 93.8 Å². The first kappa shape index (κ1) is 29.0. The van der Waals surface area contributed by atoms with Crippen LogP contribution in [0.15, 0.2) is 66.7 Å². The normalized spacial score (nSPS) is 15.7. The summed E-state index contributed by atoms with van der Waals surface area (Å²) in [6.07, 6.45) is 4.45. The third-order valence-electron chi connectivity index (χ3n) is 7.84. The molecule has 220 valence electrons. The molecule has 1 saturated carbocycles. The second kappa shape index (κ2) is 13.5. The average Bonchev–Trinajstić information content (AvgIpc) is 3.43. The second-order valence-electron chi connectivity index (χ2n) is 10.7. The van der Waals surface area contributed by atoms with Gasteiger partial charge in [0.1, 0.15) is 11.6 Å². The molecule has 0 atom stereocenters. The van der Waals surface area contributed by atoms with Crippen LogP contribution in [0.5, 0.6) is 0 Å². The first-order valence-corrected chi connectivity index (χ1v) is 14.4. The Bertz CT molecular complexity index is 1430. The number of hydrogen-bond acceptors (Lipinski definition) is 4. The molecule has 3 aromatic carbocycles. The van der Waals surface area contributed by atoms with Gasteiger partial charge in [-0.3, -0.25) is 9.59 Å². The molecule has 10 heteroatoms. The maximum Gasteiger partial charge on any atom is 0.321 e. The Morgan fingerprint density at radius 1 is 0.810 bits per heavy atom. The van der Waals surface area contributed by atoms with E-state index in [1.807, 2.05) is 11.0 Å². The summed E-state index contributed by atoms with van der Waals surface area (Å²) < 4.78 is 27.4. The van der Waals surface area contributed by atoms with Crippen molar-refractivity contribution in [2.24, 2.45) is 5.92 Å². The van der Waals surface area contributed by atoms with Gasteiger partial charge in [0.15, 0.2) is 0 Å². The molecule has 0 bridgehead atoms. The molecule has 3 aromatic rings. The minimum atomic E-state index is -0.501. The van der Waals surface area contributed by atoms with E-state index >= 15 is 0 Å². The molecule has 0 aromatic heterocycles. The monoisotopic (exact) mass is 575 g/mol. The van der Waals surface area contributed by atoms with E-state index in [0.717, 1.165) is 31.2 Å². The zero-order valence-electron chi connectivity index (χ0n) is 23.4. The van der Waals surface area contributed by atoms with Crippen molar-refractivity contribution in [3.8, 4) is 0 Å². The van der Waals surface area contributed by atoms with Crippen molar-refractivity contribution in [1.82, 2.24) is 10.2 Å². The molecule has 2 fully saturated rings. The van der Waals surface area contributed by atoms with Crippen LogP contribution in [0.1, 0.15) is 48.0 Å². The third-order valence-corrected chi connectivity index (χ3v) is 7.84. The predicted octanol–water partition coefficient (Wildman–Crippen LogP) is 5.77. The van der Waals surface area contributed by atoms with E-state index < -0.39 is 5.82 Å². The summed E-state index contributed by atoms with van der Waals surface area (Å²) in [6, 6.07) is 16.9. The zero-order valence-corrected chi connectivity index (χ0v) is 23.4. The Labute approximate surface area is 244 Å². The number of benzene rings is 3. The fourth-order valence-electron chi connectivity index (χ4n) is 5.50. The molecule has 5 rings (SSSR count). The first-order valence-electron chi connectivity index (χ1n) is 14.4. The fraction of sp³-hybridized carbons (Fsp3) is 0.344. The van der Waals surface area contributed by atoms with Gasteiger partial charge < -0.3 is 25.8 Å². The predicted molar refractivity (Wildman–Crippen MR) is 158 cm³/mol. The molecule has 1 aliphatic carbocycles. The van der Waals surface area contributed by atoms with Crippen molar-refractivity contribution in [1.29, 1.82) is 0 Å². The summed E-state index contributed by atoms with van der Waals surface area (Å²) in [5.74, 6) is -1.24. The van der Waals surface area contributed by atoms with Gasteiger partial charge in [0, 0.05) is 50.0 Å².